The maximum absolute atomic E-state index is 5.49. The van der Waals surface area contributed by atoms with Crippen molar-refractivity contribution in [2.75, 3.05) is 13.7 Å². The van der Waals surface area contributed by atoms with Gasteiger partial charge in [0, 0.05) is 11.5 Å². The zero-order chi connectivity index (χ0) is 14.2. The summed E-state index contributed by atoms with van der Waals surface area (Å²) < 4.78 is 5.49. The summed E-state index contributed by atoms with van der Waals surface area (Å²) in [6, 6.07) is 7.28. The number of hydrogen-bond acceptors (Lipinski definition) is 2. The van der Waals surface area contributed by atoms with Crippen molar-refractivity contribution in [3.63, 3.8) is 0 Å². The molecule has 0 radical (unpaired) electrons. The zero-order valence-corrected chi connectivity index (χ0v) is 13.0. The van der Waals surface area contributed by atoms with E-state index in [1.165, 1.54) is 37.7 Å². The largest absolute Gasteiger partial charge is 0.497 e. The SMILES string of the molecule is COc1ccc(C)c([C@]23CCCCC2C(C)NCC3)c1. The first-order chi connectivity index (χ1) is 9.67. The van der Waals surface area contributed by atoms with E-state index in [0.29, 0.717) is 11.5 Å². The lowest BCUT2D eigenvalue weighted by atomic mass is 9.56. The molecule has 1 aliphatic heterocycles. The number of fused-ring (bicyclic) bond motifs is 1. The Morgan fingerprint density at radius 1 is 1.25 bits per heavy atom. The average molecular weight is 273 g/mol. The fourth-order valence-electron chi connectivity index (χ4n) is 4.70. The molecular weight excluding hydrogens is 246 g/mol. The Balaban J connectivity index is 2.08. The predicted octanol–water partition coefficient (Wildman–Crippen LogP) is 3.81. The van der Waals surface area contributed by atoms with Gasteiger partial charge in [0.05, 0.1) is 7.11 Å². The van der Waals surface area contributed by atoms with E-state index in [1.54, 1.807) is 12.7 Å². The van der Waals surface area contributed by atoms with Gasteiger partial charge in [-0.25, -0.2) is 0 Å². The van der Waals surface area contributed by atoms with Crippen LogP contribution in [0.4, 0.5) is 0 Å². The summed E-state index contributed by atoms with van der Waals surface area (Å²) in [6.45, 7) is 5.79. The molecule has 2 unspecified atom stereocenters. The fourth-order valence-corrected chi connectivity index (χ4v) is 4.70. The maximum atomic E-state index is 5.49. The van der Waals surface area contributed by atoms with Crippen molar-refractivity contribution in [1.29, 1.82) is 0 Å². The lowest BCUT2D eigenvalue weighted by Gasteiger charge is -2.52. The third kappa shape index (κ3) is 2.14. The zero-order valence-electron chi connectivity index (χ0n) is 13.0. The van der Waals surface area contributed by atoms with Crippen molar-refractivity contribution in [1.82, 2.24) is 5.32 Å². The van der Waals surface area contributed by atoms with Gasteiger partial charge in [0.2, 0.25) is 0 Å². The second kappa shape index (κ2) is 5.40. The third-order valence-electron chi connectivity index (χ3n) is 5.72. The Morgan fingerprint density at radius 2 is 2.10 bits per heavy atom. The summed E-state index contributed by atoms with van der Waals surface area (Å²) in [4.78, 5) is 0. The molecule has 2 aliphatic rings. The van der Waals surface area contributed by atoms with E-state index in [9.17, 15) is 0 Å². The van der Waals surface area contributed by atoms with Gasteiger partial charge in [0.15, 0.2) is 0 Å². The highest BCUT2D eigenvalue weighted by Crippen LogP contribution is 2.50. The Morgan fingerprint density at radius 3 is 2.90 bits per heavy atom. The normalized spacial score (nSPS) is 33.5. The quantitative estimate of drug-likeness (QED) is 0.884. The van der Waals surface area contributed by atoms with E-state index >= 15 is 0 Å². The van der Waals surface area contributed by atoms with Gasteiger partial charge in [-0.05, 0) is 68.8 Å². The molecule has 3 atom stereocenters. The second-order valence-electron chi connectivity index (χ2n) is 6.68. The van der Waals surface area contributed by atoms with E-state index in [1.807, 2.05) is 0 Å². The number of benzene rings is 1. The van der Waals surface area contributed by atoms with Crippen LogP contribution in [0.3, 0.4) is 0 Å². The Bertz CT molecular complexity index is 480. The van der Waals surface area contributed by atoms with Gasteiger partial charge >= 0.3 is 0 Å². The summed E-state index contributed by atoms with van der Waals surface area (Å²) in [7, 11) is 1.77. The molecule has 20 heavy (non-hydrogen) atoms. The molecular formula is C18H27NO. The molecule has 1 saturated heterocycles. The molecule has 3 rings (SSSR count). The summed E-state index contributed by atoms with van der Waals surface area (Å²) in [5, 5.41) is 3.69. The van der Waals surface area contributed by atoms with Crippen LogP contribution in [0.2, 0.25) is 0 Å². The third-order valence-corrected chi connectivity index (χ3v) is 5.72. The van der Waals surface area contributed by atoms with E-state index in [-0.39, 0.29) is 0 Å². The van der Waals surface area contributed by atoms with Crippen molar-refractivity contribution in [3.8, 4) is 5.75 Å². The molecule has 1 aromatic carbocycles. The molecule has 0 amide bonds. The summed E-state index contributed by atoms with van der Waals surface area (Å²) >= 11 is 0. The summed E-state index contributed by atoms with van der Waals surface area (Å²) in [6.07, 6.45) is 6.75. The van der Waals surface area contributed by atoms with Crippen LogP contribution in [0.25, 0.3) is 0 Å². The molecule has 0 bridgehead atoms. The standard InChI is InChI=1S/C18H27NO/c1-13-7-8-15(20-3)12-17(13)18-9-5-4-6-16(18)14(2)19-11-10-18/h7-8,12,14,16,19H,4-6,9-11H2,1-3H3/t14?,16?,18-/m0/s1. The van der Waals surface area contributed by atoms with E-state index in [4.69, 9.17) is 4.74 Å². The Hall–Kier alpha value is -1.02. The van der Waals surface area contributed by atoms with Crippen molar-refractivity contribution in [2.45, 2.75) is 57.4 Å². The minimum atomic E-state index is 0.377. The molecule has 0 spiro atoms. The average Bonchev–Trinajstić information content (AvgIpc) is 2.48. The van der Waals surface area contributed by atoms with Crippen molar-refractivity contribution in [3.05, 3.63) is 29.3 Å². The first-order valence-electron chi connectivity index (χ1n) is 8.06. The van der Waals surface area contributed by atoms with Crippen LogP contribution in [0, 0.1) is 12.8 Å². The molecule has 1 saturated carbocycles. The topological polar surface area (TPSA) is 21.3 Å². The van der Waals surface area contributed by atoms with Gasteiger partial charge in [-0.2, -0.15) is 0 Å². The van der Waals surface area contributed by atoms with Gasteiger partial charge in [-0.15, -0.1) is 0 Å². The van der Waals surface area contributed by atoms with Gasteiger partial charge in [-0.1, -0.05) is 18.9 Å². The number of ether oxygens (including phenoxy) is 1. The molecule has 1 heterocycles. The number of hydrogen-bond donors (Lipinski definition) is 1. The van der Waals surface area contributed by atoms with Gasteiger partial charge in [0.25, 0.3) is 0 Å². The highest BCUT2D eigenvalue weighted by Gasteiger charge is 2.47. The number of nitrogens with one attached hydrogen (secondary N) is 1. The first kappa shape index (κ1) is 13.9. The van der Waals surface area contributed by atoms with Crippen LogP contribution in [-0.4, -0.2) is 19.7 Å². The maximum Gasteiger partial charge on any atom is 0.119 e. The molecule has 2 heteroatoms. The van der Waals surface area contributed by atoms with Crippen LogP contribution in [0.15, 0.2) is 18.2 Å². The number of piperidine rings is 1. The Labute approximate surface area is 122 Å². The number of aryl methyl sites for hydroxylation is 1. The molecule has 1 aliphatic carbocycles. The van der Waals surface area contributed by atoms with Crippen LogP contribution in [-0.2, 0) is 5.41 Å². The summed E-state index contributed by atoms with van der Waals surface area (Å²) in [5.74, 6) is 1.78. The van der Waals surface area contributed by atoms with Crippen molar-refractivity contribution < 1.29 is 4.74 Å². The first-order valence-corrected chi connectivity index (χ1v) is 8.06. The molecule has 2 fully saturated rings. The smallest absolute Gasteiger partial charge is 0.119 e. The van der Waals surface area contributed by atoms with E-state index < -0.39 is 0 Å². The molecule has 1 aromatic rings. The second-order valence-corrected chi connectivity index (χ2v) is 6.68. The minimum Gasteiger partial charge on any atom is -0.497 e. The lowest BCUT2D eigenvalue weighted by molar-refractivity contribution is 0.0998. The lowest BCUT2D eigenvalue weighted by Crippen LogP contribution is -2.54. The van der Waals surface area contributed by atoms with Crippen LogP contribution >= 0.6 is 0 Å². The van der Waals surface area contributed by atoms with Crippen LogP contribution in [0.5, 0.6) is 5.75 Å². The number of rotatable bonds is 2. The minimum absolute atomic E-state index is 0.377. The predicted molar refractivity (Wildman–Crippen MR) is 83.4 cm³/mol. The molecule has 0 aromatic heterocycles. The fraction of sp³-hybridized carbons (Fsp3) is 0.667. The highest BCUT2D eigenvalue weighted by atomic mass is 16.5. The molecule has 2 nitrogen and oxygen atoms in total. The number of methoxy groups -OCH3 is 1. The Kier molecular flexibility index (Phi) is 3.76. The van der Waals surface area contributed by atoms with Crippen molar-refractivity contribution in [2.24, 2.45) is 5.92 Å². The van der Waals surface area contributed by atoms with Crippen LogP contribution < -0.4 is 10.1 Å². The molecule has 1 N–H and O–H groups in total. The monoisotopic (exact) mass is 273 g/mol. The van der Waals surface area contributed by atoms with Crippen molar-refractivity contribution >= 4 is 0 Å². The summed E-state index contributed by atoms with van der Waals surface area (Å²) in [5.41, 5.74) is 3.36. The van der Waals surface area contributed by atoms with E-state index in [2.05, 4.69) is 37.4 Å². The van der Waals surface area contributed by atoms with Gasteiger partial charge in [-0.3, -0.25) is 0 Å². The van der Waals surface area contributed by atoms with Gasteiger partial charge < -0.3 is 10.1 Å². The van der Waals surface area contributed by atoms with Gasteiger partial charge in [0.1, 0.15) is 5.75 Å². The van der Waals surface area contributed by atoms with Crippen LogP contribution in [0.1, 0.15) is 50.2 Å². The van der Waals surface area contributed by atoms with E-state index in [0.717, 1.165) is 18.2 Å². The molecule has 110 valence electrons. The highest BCUT2D eigenvalue weighted by molar-refractivity contribution is 5.41.